The highest BCUT2D eigenvalue weighted by Crippen LogP contribution is 2.30. The van der Waals surface area contributed by atoms with Crippen molar-refractivity contribution in [2.45, 2.75) is 12.5 Å². The van der Waals surface area contributed by atoms with Gasteiger partial charge in [0, 0.05) is 12.5 Å². The molecule has 1 aromatic rings. The molecule has 88 valence electrons. The van der Waals surface area contributed by atoms with E-state index in [9.17, 15) is 9.90 Å². The SMILES string of the molecule is COc1ccc([C@@](C)([NH3+])C(=O)[O-])cc1OC. The Balaban J connectivity index is 3.23. The van der Waals surface area contributed by atoms with Gasteiger partial charge in [-0.15, -0.1) is 0 Å². The van der Waals surface area contributed by atoms with Crippen molar-refractivity contribution in [1.82, 2.24) is 0 Å². The number of ether oxygens (including phenoxy) is 2. The van der Waals surface area contributed by atoms with Crippen molar-refractivity contribution in [3.8, 4) is 11.5 Å². The second-order valence-electron chi connectivity index (χ2n) is 3.69. The Hall–Kier alpha value is -1.75. The van der Waals surface area contributed by atoms with Gasteiger partial charge in [-0.1, -0.05) is 0 Å². The van der Waals surface area contributed by atoms with Gasteiger partial charge in [0.15, 0.2) is 17.0 Å². The van der Waals surface area contributed by atoms with Crippen LogP contribution in [0.4, 0.5) is 0 Å². The van der Waals surface area contributed by atoms with Crippen LogP contribution in [0.15, 0.2) is 18.2 Å². The Morgan fingerprint density at radius 3 is 2.31 bits per heavy atom. The molecule has 0 bridgehead atoms. The Morgan fingerprint density at radius 2 is 1.88 bits per heavy atom. The van der Waals surface area contributed by atoms with E-state index in [1.165, 1.54) is 21.1 Å². The first-order valence-corrected chi connectivity index (χ1v) is 4.72. The lowest BCUT2D eigenvalue weighted by molar-refractivity contribution is -0.489. The summed E-state index contributed by atoms with van der Waals surface area (Å²) in [4.78, 5) is 10.9. The summed E-state index contributed by atoms with van der Waals surface area (Å²) in [5, 5.41) is 10.9. The van der Waals surface area contributed by atoms with Gasteiger partial charge in [-0.05, 0) is 18.2 Å². The van der Waals surface area contributed by atoms with Crippen molar-refractivity contribution in [1.29, 1.82) is 0 Å². The maximum absolute atomic E-state index is 10.9. The van der Waals surface area contributed by atoms with Crippen LogP contribution >= 0.6 is 0 Å². The van der Waals surface area contributed by atoms with Gasteiger partial charge < -0.3 is 25.1 Å². The van der Waals surface area contributed by atoms with E-state index in [2.05, 4.69) is 5.73 Å². The lowest BCUT2D eigenvalue weighted by Gasteiger charge is -2.23. The molecule has 0 heterocycles. The van der Waals surface area contributed by atoms with Crippen molar-refractivity contribution in [3.63, 3.8) is 0 Å². The molecule has 0 unspecified atom stereocenters. The standard InChI is InChI=1S/C11H15NO4/c1-11(12,10(13)14)7-4-5-8(15-2)9(6-7)16-3/h4-6H,12H2,1-3H3,(H,13,14)/t11-/m1/s1. The van der Waals surface area contributed by atoms with Crippen LogP contribution in [0.2, 0.25) is 0 Å². The van der Waals surface area contributed by atoms with Gasteiger partial charge in [-0.25, -0.2) is 0 Å². The lowest BCUT2D eigenvalue weighted by atomic mass is 9.93. The fourth-order valence-electron chi connectivity index (χ4n) is 1.30. The maximum Gasteiger partial charge on any atom is 0.161 e. The Kier molecular flexibility index (Phi) is 3.39. The van der Waals surface area contributed by atoms with Crippen molar-refractivity contribution in [2.75, 3.05) is 14.2 Å². The summed E-state index contributed by atoms with van der Waals surface area (Å²) in [5.74, 6) is -0.226. The molecule has 0 aliphatic rings. The maximum atomic E-state index is 10.9. The fourth-order valence-corrected chi connectivity index (χ4v) is 1.30. The molecule has 0 saturated carbocycles. The average molecular weight is 225 g/mol. The smallest absolute Gasteiger partial charge is 0.161 e. The number of carboxylic acid groups (broad SMARTS) is 1. The van der Waals surface area contributed by atoms with Crippen LogP contribution in [0.3, 0.4) is 0 Å². The molecular formula is C11H15NO4. The van der Waals surface area contributed by atoms with E-state index in [0.29, 0.717) is 17.1 Å². The van der Waals surface area contributed by atoms with E-state index in [1.807, 2.05) is 0 Å². The number of methoxy groups -OCH3 is 2. The van der Waals surface area contributed by atoms with E-state index < -0.39 is 11.5 Å². The topological polar surface area (TPSA) is 86.2 Å². The highest BCUT2D eigenvalue weighted by atomic mass is 16.5. The summed E-state index contributed by atoms with van der Waals surface area (Å²) in [6.07, 6.45) is 0. The van der Waals surface area contributed by atoms with Crippen LogP contribution in [0.1, 0.15) is 12.5 Å². The average Bonchev–Trinajstić information content (AvgIpc) is 2.27. The molecule has 0 aromatic heterocycles. The zero-order valence-corrected chi connectivity index (χ0v) is 9.57. The third kappa shape index (κ3) is 2.09. The van der Waals surface area contributed by atoms with Crippen molar-refractivity contribution in [3.05, 3.63) is 23.8 Å². The molecule has 3 N–H and O–H groups in total. The molecule has 5 nitrogen and oxygen atoms in total. The predicted molar refractivity (Wildman–Crippen MR) is 54.8 cm³/mol. The van der Waals surface area contributed by atoms with E-state index >= 15 is 0 Å². The van der Waals surface area contributed by atoms with Gasteiger partial charge >= 0.3 is 0 Å². The second-order valence-corrected chi connectivity index (χ2v) is 3.69. The molecule has 0 spiro atoms. The molecule has 0 saturated heterocycles. The summed E-state index contributed by atoms with van der Waals surface area (Å²) in [6.45, 7) is 1.48. The molecule has 0 aliphatic heterocycles. The molecule has 0 amide bonds. The second kappa shape index (κ2) is 4.40. The van der Waals surface area contributed by atoms with Crippen LogP contribution in [0.25, 0.3) is 0 Å². The van der Waals surface area contributed by atoms with Gasteiger partial charge in [0.2, 0.25) is 0 Å². The van der Waals surface area contributed by atoms with Gasteiger partial charge in [-0.2, -0.15) is 0 Å². The minimum Gasteiger partial charge on any atom is -0.543 e. The van der Waals surface area contributed by atoms with Gasteiger partial charge in [0.1, 0.15) is 5.97 Å². The fraction of sp³-hybridized carbons (Fsp3) is 0.364. The van der Waals surface area contributed by atoms with Crippen LogP contribution in [0.5, 0.6) is 11.5 Å². The van der Waals surface area contributed by atoms with Gasteiger partial charge in [0.05, 0.1) is 14.2 Å². The zero-order chi connectivity index (χ0) is 12.3. The van der Waals surface area contributed by atoms with Crippen LogP contribution in [0, 0.1) is 0 Å². The number of carbonyl (C=O) groups is 1. The molecule has 1 rings (SSSR count). The van der Waals surface area contributed by atoms with Crippen LogP contribution in [-0.4, -0.2) is 20.2 Å². The largest absolute Gasteiger partial charge is 0.543 e. The third-order valence-corrected chi connectivity index (χ3v) is 2.47. The first kappa shape index (κ1) is 12.3. The molecule has 0 fully saturated rings. The quantitative estimate of drug-likeness (QED) is 0.705. The molecule has 0 aliphatic carbocycles. The highest BCUT2D eigenvalue weighted by Gasteiger charge is 2.28. The van der Waals surface area contributed by atoms with E-state index in [4.69, 9.17) is 9.47 Å². The van der Waals surface area contributed by atoms with Crippen LogP contribution < -0.4 is 20.3 Å². The van der Waals surface area contributed by atoms with E-state index in [0.717, 1.165) is 0 Å². The normalized spacial score (nSPS) is 14.0. The monoisotopic (exact) mass is 225 g/mol. The number of carbonyl (C=O) groups excluding carboxylic acids is 1. The van der Waals surface area contributed by atoms with E-state index in [-0.39, 0.29) is 0 Å². The summed E-state index contributed by atoms with van der Waals surface area (Å²) in [6, 6.07) is 4.85. The number of aliphatic carboxylic acids is 1. The number of rotatable bonds is 4. The number of hydrogen-bond acceptors (Lipinski definition) is 4. The predicted octanol–water partition coefficient (Wildman–Crippen LogP) is -1.09. The summed E-state index contributed by atoms with van der Waals surface area (Å²) in [5.41, 5.74) is 2.81. The first-order chi connectivity index (χ1) is 7.43. The van der Waals surface area contributed by atoms with Crippen molar-refractivity contribution in [2.24, 2.45) is 0 Å². The molecule has 5 heteroatoms. The number of quaternary nitrogens is 1. The number of benzene rings is 1. The summed E-state index contributed by atoms with van der Waals surface area (Å²) in [7, 11) is 3.00. The summed E-state index contributed by atoms with van der Waals surface area (Å²) < 4.78 is 10.1. The highest BCUT2D eigenvalue weighted by molar-refractivity contribution is 5.76. The minimum atomic E-state index is -1.31. The third-order valence-electron chi connectivity index (χ3n) is 2.47. The van der Waals surface area contributed by atoms with Gasteiger partial charge in [-0.3, -0.25) is 0 Å². The minimum absolute atomic E-state index is 0.469. The molecular weight excluding hydrogens is 210 g/mol. The molecule has 0 radical (unpaired) electrons. The zero-order valence-electron chi connectivity index (χ0n) is 9.57. The van der Waals surface area contributed by atoms with Crippen LogP contribution in [-0.2, 0) is 10.3 Å². The Labute approximate surface area is 93.8 Å². The first-order valence-electron chi connectivity index (χ1n) is 4.72. The molecule has 1 aromatic carbocycles. The Bertz CT molecular complexity index is 401. The van der Waals surface area contributed by atoms with Crippen molar-refractivity contribution >= 4 is 5.97 Å². The summed E-state index contributed by atoms with van der Waals surface area (Å²) >= 11 is 0. The molecule has 16 heavy (non-hydrogen) atoms. The van der Waals surface area contributed by atoms with Gasteiger partial charge in [0.25, 0.3) is 0 Å². The van der Waals surface area contributed by atoms with Crippen molar-refractivity contribution < 1.29 is 25.1 Å². The molecule has 1 atom stereocenters. The lowest BCUT2D eigenvalue weighted by Crippen LogP contribution is -2.75. The number of hydrogen-bond donors (Lipinski definition) is 1. The number of carboxylic acids is 1. The van der Waals surface area contributed by atoms with E-state index in [1.54, 1.807) is 18.2 Å². The Morgan fingerprint density at radius 1 is 1.31 bits per heavy atom.